The summed E-state index contributed by atoms with van der Waals surface area (Å²) in [5.41, 5.74) is 1.61. The first kappa shape index (κ1) is 16.9. The monoisotopic (exact) mass is 345 g/mol. The summed E-state index contributed by atoms with van der Waals surface area (Å²) in [5, 5.41) is 7.62. The van der Waals surface area contributed by atoms with E-state index in [0.29, 0.717) is 5.41 Å². The molecule has 3 fully saturated rings. The number of guanidine groups is 1. The predicted octanol–water partition coefficient (Wildman–Crippen LogP) is 2.26. The van der Waals surface area contributed by atoms with E-state index in [1.807, 2.05) is 13.0 Å². The molecule has 1 N–H and O–H groups in total. The fourth-order valence-corrected chi connectivity index (χ4v) is 4.05. The first-order chi connectivity index (χ1) is 12.2. The summed E-state index contributed by atoms with van der Waals surface area (Å²) in [6.45, 7) is 11.1. The topological polar surface area (TPSA) is 56.9 Å². The maximum atomic E-state index is 5.18. The van der Waals surface area contributed by atoms with Crippen LogP contribution in [0.15, 0.2) is 15.6 Å². The molecule has 2 heterocycles. The van der Waals surface area contributed by atoms with Gasteiger partial charge < -0.3 is 14.7 Å². The molecule has 2 saturated carbocycles. The minimum atomic E-state index is 0.577. The standard InChI is InChI=1S/C19H31N5O/c1-3-20-18(21-14-19(6-7-19)16-4-5-16)24-10-8-23(9-11-24)13-17-12-15(2)25-22-17/h12,16H,3-11,13-14H2,1-2H3,(H,20,21). The average molecular weight is 345 g/mol. The maximum Gasteiger partial charge on any atom is 0.194 e. The molecule has 0 radical (unpaired) electrons. The molecule has 138 valence electrons. The zero-order valence-electron chi connectivity index (χ0n) is 15.6. The van der Waals surface area contributed by atoms with E-state index in [9.17, 15) is 0 Å². The summed E-state index contributed by atoms with van der Waals surface area (Å²) >= 11 is 0. The Morgan fingerprint density at radius 3 is 2.64 bits per heavy atom. The molecule has 2 aliphatic carbocycles. The molecule has 0 unspecified atom stereocenters. The fourth-order valence-electron chi connectivity index (χ4n) is 4.05. The Bertz CT molecular complexity index is 609. The average Bonchev–Trinajstić information content (AvgIpc) is 3.52. The van der Waals surface area contributed by atoms with Crippen molar-refractivity contribution in [1.29, 1.82) is 0 Å². The molecular weight excluding hydrogens is 314 g/mol. The lowest BCUT2D eigenvalue weighted by molar-refractivity contribution is 0.168. The number of rotatable bonds is 6. The van der Waals surface area contributed by atoms with Gasteiger partial charge in [-0.1, -0.05) is 5.16 Å². The second-order valence-electron chi connectivity index (χ2n) is 8.00. The van der Waals surface area contributed by atoms with Crippen LogP contribution in [0, 0.1) is 18.3 Å². The van der Waals surface area contributed by atoms with E-state index in [1.54, 1.807) is 0 Å². The summed E-state index contributed by atoms with van der Waals surface area (Å²) in [5.74, 6) is 2.98. The lowest BCUT2D eigenvalue weighted by Crippen LogP contribution is -2.52. The number of nitrogens with zero attached hydrogens (tertiary/aromatic N) is 4. The third kappa shape index (κ3) is 4.00. The zero-order valence-corrected chi connectivity index (χ0v) is 15.6. The molecule has 0 spiro atoms. The highest BCUT2D eigenvalue weighted by atomic mass is 16.5. The molecule has 4 rings (SSSR count). The van der Waals surface area contributed by atoms with Gasteiger partial charge in [0.05, 0.1) is 5.69 Å². The van der Waals surface area contributed by atoms with Crippen LogP contribution >= 0.6 is 0 Å². The summed E-state index contributed by atoms with van der Waals surface area (Å²) < 4.78 is 5.18. The third-order valence-electron chi connectivity index (χ3n) is 5.95. The van der Waals surface area contributed by atoms with Crippen LogP contribution in [0.25, 0.3) is 0 Å². The summed E-state index contributed by atoms with van der Waals surface area (Å²) in [4.78, 5) is 9.91. The van der Waals surface area contributed by atoms with Crippen LogP contribution in [0.3, 0.4) is 0 Å². The predicted molar refractivity (Wildman–Crippen MR) is 98.5 cm³/mol. The summed E-state index contributed by atoms with van der Waals surface area (Å²) in [6.07, 6.45) is 5.66. The normalized spacial score (nSPS) is 23.8. The fraction of sp³-hybridized carbons (Fsp3) is 0.789. The summed E-state index contributed by atoms with van der Waals surface area (Å²) in [6, 6.07) is 2.03. The second-order valence-corrected chi connectivity index (χ2v) is 8.00. The van der Waals surface area contributed by atoms with Crippen LogP contribution in [-0.4, -0.2) is 60.2 Å². The number of aromatic nitrogens is 1. The van der Waals surface area contributed by atoms with E-state index in [1.165, 1.54) is 25.7 Å². The van der Waals surface area contributed by atoms with Crippen molar-refractivity contribution >= 4 is 5.96 Å². The highest BCUT2D eigenvalue weighted by Crippen LogP contribution is 2.61. The van der Waals surface area contributed by atoms with Gasteiger partial charge in [-0.3, -0.25) is 9.89 Å². The minimum absolute atomic E-state index is 0.577. The lowest BCUT2D eigenvalue weighted by atomic mass is 10.0. The molecule has 0 aromatic carbocycles. The van der Waals surface area contributed by atoms with Crippen molar-refractivity contribution in [2.24, 2.45) is 16.3 Å². The van der Waals surface area contributed by atoms with E-state index in [0.717, 1.165) is 69.1 Å². The quantitative estimate of drug-likeness (QED) is 0.633. The zero-order chi connectivity index (χ0) is 17.3. The molecule has 1 aliphatic heterocycles. The van der Waals surface area contributed by atoms with Gasteiger partial charge in [0.15, 0.2) is 5.96 Å². The number of aryl methyl sites for hydroxylation is 1. The van der Waals surface area contributed by atoms with E-state index in [4.69, 9.17) is 9.52 Å². The molecule has 25 heavy (non-hydrogen) atoms. The molecule has 1 aromatic rings. The van der Waals surface area contributed by atoms with Crippen molar-refractivity contribution in [2.45, 2.75) is 46.1 Å². The van der Waals surface area contributed by atoms with Gasteiger partial charge in [0, 0.05) is 51.9 Å². The van der Waals surface area contributed by atoms with Crippen molar-refractivity contribution in [3.63, 3.8) is 0 Å². The minimum Gasteiger partial charge on any atom is -0.361 e. The molecule has 1 saturated heterocycles. The molecule has 0 bridgehead atoms. The van der Waals surface area contributed by atoms with Crippen LogP contribution in [0.4, 0.5) is 0 Å². The molecule has 6 heteroatoms. The van der Waals surface area contributed by atoms with Gasteiger partial charge in [-0.05, 0) is 50.9 Å². The Kier molecular flexibility index (Phi) is 4.71. The van der Waals surface area contributed by atoms with Crippen molar-refractivity contribution in [3.05, 3.63) is 17.5 Å². The smallest absolute Gasteiger partial charge is 0.194 e. The lowest BCUT2D eigenvalue weighted by Gasteiger charge is -2.36. The van der Waals surface area contributed by atoms with Crippen LogP contribution in [0.2, 0.25) is 0 Å². The summed E-state index contributed by atoms with van der Waals surface area (Å²) in [7, 11) is 0. The third-order valence-corrected chi connectivity index (χ3v) is 5.95. The number of nitrogens with one attached hydrogen (secondary N) is 1. The van der Waals surface area contributed by atoms with Gasteiger partial charge in [-0.15, -0.1) is 0 Å². The van der Waals surface area contributed by atoms with Crippen molar-refractivity contribution in [2.75, 3.05) is 39.3 Å². The largest absolute Gasteiger partial charge is 0.361 e. The maximum absolute atomic E-state index is 5.18. The molecular formula is C19H31N5O. The first-order valence-electron chi connectivity index (χ1n) is 9.86. The van der Waals surface area contributed by atoms with Gasteiger partial charge >= 0.3 is 0 Å². The van der Waals surface area contributed by atoms with Gasteiger partial charge in [0.25, 0.3) is 0 Å². The van der Waals surface area contributed by atoms with Crippen LogP contribution in [0.5, 0.6) is 0 Å². The van der Waals surface area contributed by atoms with Crippen LogP contribution in [-0.2, 0) is 6.54 Å². The molecule has 1 aromatic heterocycles. The number of piperazine rings is 1. The van der Waals surface area contributed by atoms with Gasteiger partial charge in [-0.25, -0.2) is 0 Å². The first-order valence-corrected chi connectivity index (χ1v) is 9.86. The molecule has 6 nitrogen and oxygen atoms in total. The Morgan fingerprint density at radius 2 is 2.08 bits per heavy atom. The van der Waals surface area contributed by atoms with Crippen molar-refractivity contribution in [3.8, 4) is 0 Å². The van der Waals surface area contributed by atoms with E-state index < -0.39 is 0 Å². The Morgan fingerprint density at radius 1 is 1.32 bits per heavy atom. The number of hydrogen-bond donors (Lipinski definition) is 1. The molecule has 3 aliphatic rings. The molecule has 0 atom stereocenters. The van der Waals surface area contributed by atoms with E-state index in [-0.39, 0.29) is 0 Å². The number of hydrogen-bond acceptors (Lipinski definition) is 4. The highest BCUT2D eigenvalue weighted by Gasteiger charge is 2.53. The van der Waals surface area contributed by atoms with Gasteiger partial charge in [0.1, 0.15) is 5.76 Å². The van der Waals surface area contributed by atoms with Crippen LogP contribution in [0.1, 0.15) is 44.1 Å². The Hall–Kier alpha value is -1.56. The Balaban J connectivity index is 1.30. The van der Waals surface area contributed by atoms with Gasteiger partial charge in [0.2, 0.25) is 0 Å². The van der Waals surface area contributed by atoms with Crippen molar-refractivity contribution < 1.29 is 4.52 Å². The van der Waals surface area contributed by atoms with E-state index in [2.05, 4.69) is 27.2 Å². The molecule has 0 amide bonds. The Labute approximate surface area is 150 Å². The van der Waals surface area contributed by atoms with E-state index >= 15 is 0 Å². The highest BCUT2D eigenvalue weighted by molar-refractivity contribution is 5.80. The van der Waals surface area contributed by atoms with Crippen LogP contribution < -0.4 is 5.32 Å². The second kappa shape index (κ2) is 6.98. The van der Waals surface area contributed by atoms with Gasteiger partial charge in [-0.2, -0.15) is 0 Å². The van der Waals surface area contributed by atoms with Crippen molar-refractivity contribution in [1.82, 2.24) is 20.3 Å². The number of aliphatic imine (C=N–C) groups is 1. The SMILES string of the molecule is CCNC(=NCC1(C2CC2)CC1)N1CCN(Cc2cc(C)on2)CC1.